The van der Waals surface area contributed by atoms with E-state index in [1.54, 1.807) is 29.6 Å². The molecule has 1 aliphatic heterocycles. The van der Waals surface area contributed by atoms with E-state index < -0.39 is 10.0 Å². The van der Waals surface area contributed by atoms with E-state index in [0.717, 1.165) is 26.9 Å². The van der Waals surface area contributed by atoms with Gasteiger partial charge in [0.15, 0.2) is 0 Å². The molecule has 1 amide bonds. The molecule has 4 heterocycles. The molecule has 0 saturated carbocycles. The summed E-state index contributed by atoms with van der Waals surface area (Å²) in [4.78, 5) is 27.8. The summed E-state index contributed by atoms with van der Waals surface area (Å²) < 4.78 is 36.9. The Hall–Kier alpha value is -4.36. The summed E-state index contributed by atoms with van der Waals surface area (Å²) in [6, 6.07) is 13.0. The van der Waals surface area contributed by atoms with Gasteiger partial charge >= 0.3 is 0 Å². The Morgan fingerprint density at radius 3 is 2.60 bits per heavy atom. The number of ether oxygens (including phenoxy) is 1. The first-order chi connectivity index (χ1) is 19.2. The molecule has 0 bridgehead atoms. The summed E-state index contributed by atoms with van der Waals surface area (Å²) in [6.45, 7) is 4.67. The van der Waals surface area contributed by atoms with Crippen LogP contribution in [0, 0.1) is 13.8 Å². The van der Waals surface area contributed by atoms with Crippen LogP contribution >= 0.6 is 11.3 Å². The number of hydrogen-bond donors (Lipinski definition) is 1. The number of fused-ring (bicyclic) bond motifs is 1. The van der Waals surface area contributed by atoms with E-state index in [0.29, 0.717) is 24.3 Å². The lowest BCUT2D eigenvalue weighted by atomic mass is 10.00. The van der Waals surface area contributed by atoms with Crippen LogP contribution in [0.4, 0.5) is 5.95 Å². The van der Waals surface area contributed by atoms with Crippen molar-refractivity contribution in [3.05, 3.63) is 77.1 Å². The number of carbonyl (C=O) groups excluding carboxylic acids is 1. The number of nitrogens with zero attached hydrogens (tertiary/aromatic N) is 6. The van der Waals surface area contributed by atoms with Crippen LogP contribution in [0.2, 0.25) is 0 Å². The molecule has 1 N–H and O–H groups in total. The largest absolute Gasteiger partial charge is 0.470 e. The third-order valence-corrected chi connectivity index (χ3v) is 8.73. The van der Waals surface area contributed by atoms with Gasteiger partial charge in [-0.2, -0.15) is 10.1 Å². The maximum atomic E-state index is 13.0. The number of nitrogens with one attached hydrogen (secondary N) is 1. The van der Waals surface area contributed by atoms with Crippen molar-refractivity contribution in [2.24, 2.45) is 7.05 Å². The lowest BCUT2D eigenvalue weighted by Crippen LogP contribution is -2.56. The number of hydrogen-bond acceptors (Lipinski definition) is 9. The average Bonchev–Trinajstić information content (AvgIpc) is 3.54. The van der Waals surface area contributed by atoms with E-state index in [1.165, 1.54) is 28.4 Å². The van der Waals surface area contributed by atoms with Gasteiger partial charge in [0.25, 0.3) is 15.9 Å². The van der Waals surface area contributed by atoms with Gasteiger partial charge in [0.05, 0.1) is 40.7 Å². The van der Waals surface area contributed by atoms with Gasteiger partial charge in [-0.1, -0.05) is 18.2 Å². The minimum atomic E-state index is -3.98. The highest BCUT2D eigenvalue weighted by Gasteiger charge is 2.33. The van der Waals surface area contributed by atoms with Crippen molar-refractivity contribution in [3.8, 4) is 17.1 Å². The first-order valence-corrected chi connectivity index (χ1v) is 14.8. The fourth-order valence-electron chi connectivity index (χ4n) is 4.61. The summed E-state index contributed by atoms with van der Waals surface area (Å²) in [5.41, 5.74) is 6.56. The molecule has 5 aromatic rings. The zero-order valence-electron chi connectivity index (χ0n) is 21.9. The van der Waals surface area contributed by atoms with Gasteiger partial charge in [-0.25, -0.2) is 23.1 Å². The van der Waals surface area contributed by atoms with E-state index >= 15 is 0 Å². The highest BCUT2D eigenvalue weighted by Crippen LogP contribution is 2.30. The van der Waals surface area contributed by atoms with Crippen molar-refractivity contribution in [3.63, 3.8) is 0 Å². The Kier molecular flexibility index (Phi) is 6.47. The van der Waals surface area contributed by atoms with Gasteiger partial charge in [0.2, 0.25) is 11.8 Å². The number of likely N-dealkylation sites (tertiary alicyclic amines) is 1. The SMILES string of the molecule is Cc1cccc(C)c1-c1cc(OC2CN(C(=O)c3ccc4ncsc4c3)C2)nc(NS(=O)(=O)c2cnn(C)c2)n1. The molecule has 6 rings (SSSR count). The molecule has 13 heteroatoms. The van der Waals surface area contributed by atoms with Crippen molar-refractivity contribution < 1.29 is 17.9 Å². The Morgan fingerprint density at radius 2 is 1.88 bits per heavy atom. The fourth-order valence-corrected chi connectivity index (χ4v) is 6.26. The molecule has 1 saturated heterocycles. The molecule has 1 aliphatic rings. The molecule has 0 unspecified atom stereocenters. The number of sulfonamides is 1. The molecule has 3 aromatic heterocycles. The van der Waals surface area contributed by atoms with Crippen LogP contribution in [0.1, 0.15) is 21.5 Å². The number of carbonyl (C=O) groups is 1. The van der Waals surface area contributed by atoms with E-state index in [1.807, 2.05) is 44.2 Å². The van der Waals surface area contributed by atoms with Gasteiger partial charge in [0.1, 0.15) is 11.0 Å². The van der Waals surface area contributed by atoms with Crippen LogP contribution in [0.25, 0.3) is 21.5 Å². The summed E-state index contributed by atoms with van der Waals surface area (Å²) in [5.74, 6) is 0.00261. The second-order valence-electron chi connectivity index (χ2n) is 9.62. The molecule has 0 spiro atoms. The maximum absolute atomic E-state index is 13.0. The number of rotatable bonds is 7. The molecule has 40 heavy (non-hydrogen) atoms. The summed E-state index contributed by atoms with van der Waals surface area (Å²) in [6.07, 6.45) is 2.34. The van der Waals surface area contributed by atoms with Crippen LogP contribution in [0.3, 0.4) is 0 Å². The van der Waals surface area contributed by atoms with Crippen LogP contribution < -0.4 is 9.46 Å². The van der Waals surface area contributed by atoms with E-state index in [-0.39, 0.29) is 28.7 Å². The Labute approximate surface area is 234 Å². The fraction of sp³-hybridized carbons (Fsp3) is 0.222. The van der Waals surface area contributed by atoms with Crippen molar-refractivity contribution in [2.75, 3.05) is 17.8 Å². The van der Waals surface area contributed by atoms with Crippen molar-refractivity contribution in [2.45, 2.75) is 24.8 Å². The minimum Gasteiger partial charge on any atom is -0.470 e. The Balaban J connectivity index is 1.24. The summed E-state index contributed by atoms with van der Waals surface area (Å²) >= 11 is 1.49. The van der Waals surface area contributed by atoms with Crippen molar-refractivity contribution in [1.29, 1.82) is 0 Å². The standard InChI is InChI=1S/C27H25N7O4S2/c1-16-5-4-6-17(2)25(16)22-10-24(31-27(30-22)32-40(36,37)20-11-29-33(3)14-20)38-19-12-34(13-19)26(35)18-7-8-21-23(9-18)39-15-28-21/h4-11,14-15,19H,12-13H2,1-3H3,(H,30,31,32). The van der Waals surface area contributed by atoms with Crippen molar-refractivity contribution >= 4 is 43.4 Å². The normalized spacial score (nSPS) is 13.8. The first kappa shape index (κ1) is 25.9. The quantitative estimate of drug-likeness (QED) is 0.310. The molecule has 0 aliphatic carbocycles. The number of anilines is 1. The molecule has 0 radical (unpaired) electrons. The van der Waals surface area contributed by atoms with E-state index in [4.69, 9.17) is 4.74 Å². The molecular weight excluding hydrogens is 550 g/mol. The van der Waals surface area contributed by atoms with E-state index in [2.05, 4.69) is 24.8 Å². The monoisotopic (exact) mass is 575 g/mol. The maximum Gasteiger partial charge on any atom is 0.267 e. The van der Waals surface area contributed by atoms with Crippen LogP contribution in [-0.2, 0) is 17.1 Å². The van der Waals surface area contributed by atoms with Gasteiger partial charge < -0.3 is 9.64 Å². The summed E-state index contributed by atoms with van der Waals surface area (Å²) in [7, 11) is -2.35. The van der Waals surface area contributed by atoms with Crippen molar-refractivity contribution in [1.82, 2.24) is 29.6 Å². The second kappa shape index (κ2) is 9.99. The Bertz CT molecular complexity index is 1840. The van der Waals surface area contributed by atoms with E-state index in [9.17, 15) is 13.2 Å². The molecular formula is C27H25N7O4S2. The molecule has 1 fully saturated rings. The molecule has 0 atom stereocenters. The highest BCUT2D eigenvalue weighted by molar-refractivity contribution is 7.92. The topological polar surface area (TPSA) is 132 Å². The van der Waals surface area contributed by atoms with Gasteiger partial charge in [-0.3, -0.25) is 9.48 Å². The zero-order valence-corrected chi connectivity index (χ0v) is 23.5. The number of thiazole rings is 1. The third kappa shape index (κ3) is 5.00. The smallest absolute Gasteiger partial charge is 0.267 e. The number of aryl methyl sites for hydroxylation is 3. The number of aromatic nitrogens is 5. The minimum absolute atomic E-state index is 0.0109. The molecule has 204 valence electrons. The predicted octanol–water partition coefficient (Wildman–Crippen LogP) is 3.81. The third-order valence-electron chi connectivity index (χ3n) is 6.66. The van der Waals surface area contributed by atoms with Crippen LogP contribution in [-0.4, -0.2) is 63.2 Å². The lowest BCUT2D eigenvalue weighted by Gasteiger charge is -2.38. The molecule has 2 aromatic carbocycles. The van der Waals surface area contributed by atoms with Gasteiger partial charge in [-0.15, -0.1) is 11.3 Å². The number of benzene rings is 2. The second-order valence-corrected chi connectivity index (χ2v) is 12.2. The first-order valence-electron chi connectivity index (χ1n) is 12.4. The van der Waals surface area contributed by atoms with Crippen LogP contribution in [0.15, 0.2) is 65.3 Å². The lowest BCUT2D eigenvalue weighted by molar-refractivity contribution is 0.0160. The number of amides is 1. The van der Waals surface area contributed by atoms with Gasteiger partial charge in [-0.05, 0) is 43.2 Å². The Morgan fingerprint density at radius 1 is 1.10 bits per heavy atom. The zero-order chi connectivity index (χ0) is 28.0. The van der Waals surface area contributed by atoms with Crippen LogP contribution in [0.5, 0.6) is 5.88 Å². The summed E-state index contributed by atoms with van der Waals surface area (Å²) in [5, 5.41) is 3.94. The average molecular weight is 576 g/mol. The molecule has 11 nitrogen and oxygen atoms in total. The van der Waals surface area contributed by atoms with Gasteiger partial charge in [0, 0.05) is 30.4 Å². The highest BCUT2D eigenvalue weighted by atomic mass is 32.2. The predicted molar refractivity (Wildman–Crippen MR) is 151 cm³/mol.